The summed E-state index contributed by atoms with van der Waals surface area (Å²) in [5.74, 6) is 0. The number of halogens is 2. The molecule has 0 N–H and O–H groups in total. The van der Waals surface area contributed by atoms with Crippen molar-refractivity contribution in [3.8, 4) is 16.9 Å². The van der Waals surface area contributed by atoms with E-state index in [1.165, 1.54) is 17.5 Å². The van der Waals surface area contributed by atoms with Crippen LogP contribution in [0.2, 0.25) is 10.0 Å². The average Bonchev–Trinajstić information content (AvgIpc) is 3.18. The van der Waals surface area contributed by atoms with E-state index in [0.717, 1.165) is 11.3 Å². The maximum atomic E-state index is 12.7. The van der Waals surface area contributed by atoms with E-state index in [0.29, 0.717) is 21.3 Å². The molecular formula is C23H16Cl2N2O2S. The van der Waals surface area contributed by atoms with Gasteiger partial charge in [0.2, 0.25) is 0 Å². The fraction of sp³-hybridized carbons (Fsp3) is 0. The molecule has 1 aromatic heterocycles. The topological polar surface area (TPSA) is 52.0 Å². The zero-order valence-corrected chi connectivity index (χ0v) is 17.9. The summed E-state index contributed by atoms with van der Waals surface area (Å²) in [6, 6.07) is 22.9. The second-order valence-electron chi connectivity index (χ2n) is 6.52. The summed E-state index contributed by atoms with van der Waals surface area (Å²) in [5, 5.41) is 6.95. The molecule has 0 radical (unpaired) electrons. The molecule has 4 aromatic rings. The number of nitrogens with zero attached hydrogens (tertiary/aromatic N) is 2. The van der Waals surface area contributed by atoms with Crippen LogP contribution in [0.3, 0.4) is 0 Å². The first-order valence-corrected chi connectivity index (χ1v) is 11.3. The molecule has 0 saturated heterocycles. The first kappa shape index (κ1) is 20.4. The van der Waals surface area contributed by atoms with Gasteiger partial charge in [0.1, 0.15) is 0 Å². The van der Waals surface area contributed by atoms with Gasteiger partial charge >= 0.3 is 0 Å². The Kier molecular flexibility index (Phi) is 5.77. The molecule has 0 aliphatic heterocycles. The molecule has 0 amide bonds. The van der Waals surface area contributed by atoms with Crippen molar-refractivity contribution in [3.63, 3.8) is 0 Å². The van der Waals surface area contributed by atoms with Crippen LogP contribution < -0.4 is 0 Å². The normalized spacial score (nSPS) is 11.8. The van der Waals surface area contributed by atoms with Crippen molar-refractivity contribution in [2.24, 2.45) is 0 Å². The SMILES string of the molecule is O=S(=O)(/C=C/c1cn(-c2ccccc2)nc1-c1ccc(Cl)cc1)c1ccc(Cl)cc1. The van der Waals surface area contributed by atoms with E-state index >= 15 is 0 Å². The van der Waals surface area contributed by atoms with Crippen molar-refractivity contribution in [2.45, 2.75) is 4.90 Å². The number of para-hydroxylation sites is 1. The maximum absolute atomic E-state index is 12.7. The van der Waals surface area contributed by atoms with Gasteiger partial charge in [0.15, 0.2) is 9.84 Å². The molecule has 0 aliphatic rings. The van der Waals surface area contributed by atoms with Crippen LogP contribution in [-0.2, 0) is 9.84 Å². The number of benzene rings is 3. The Morgan fingerprint density at radius 1 is 0.800 bits per heavy atom. The quantitative estimate of drug-likeness (QED) is 0.355. The molecule has 0 atom stereocenters. The van der Waals surface area contributed by atoms with Gasteiger partial charge in [-0.05, 0) is 54.6 Å². The first-order chi connectivity index (χ1) is 14.4. The summed E-state index contributed by atoms with van der Waals surface area (Å²) in [5.41, 5.74) is 3.02. The third-order valence-corrected chi connectivity index (χ3v) is 6.38. The van der Waals surface area contributed by atoms with E-state index in [2.05, 4.69) is 5.10 Å². The smallest absolute Gasteiger partial charge is 0.199 e. The van der Waals surface area contributed by atoms with Crippen molar-refractivity contribution in [1.82, 2.24) is 9.78 Å². The van der Waals surface area contributed by atoms with E-state index < -0.39 is 9.84 Å². The van der Waals surface area contributed by atoms with Gasteiger partial charge in [-0.25, -0.2) is 13.1 Å². The van der Waals surface area contributed by atoms with Crippen molar-refractivity contribution in [3.05, 3.63) is 106 Å². The molecule has 7 heteroatoms. The molecule has 0 aliphatic carbocycles. The summed E-state index contributed by atoms with van der Waals surface area (Å²) in [4.78, 5) is 0.173. The Labute approximate surface area is 184 Å². The van der Waals surface area contributed by atoms with Crippen molar-refractivity contribution in [2.75, 3.05) is 0 Å². The fourth-order valence-electron chi connectivity index (χ4n) is 2.92. The van der Waals surface area contributed by atoms with E-state index in [4.69, 9.17) is 23.2 Å². The molecule has 150 valence electrons. The summed E-state index contributed by atoms with van der Waals surface area (Å²) < 4.78 is 27.1. The van der Waals surface area contributed by atoms with Gasteiger partial charge in [0.05, 0.1) is 16.3 Å². The number of sulfone groups is 1. The summed E-state index contributed by atoms with van der Waals surface area (Å²) >= 11 is 11.9. The van der Waals surface area contributed by atoms with Crippen molar-refractivity contribution >= 4 is 39.1 Å². The van der Waals surface area contributed by atoms with Crippen LogP contribution in [-0.4, -0.2) is 18.2 Å². The number of rotatable bonds is 5. The first-order valence-electron chi connectivity index (χ1n) is 9.02. The molecule has 0 bridgehead atoms. The molecule has 4 rings (SSSR count). The minimum Gasteiger partial charge on any atom is -0.240 e. The van der Waals surface area contributed by atoms with Crippen LogP contribution in [0.4, 0.5) is 0 Å². The highest BCUT2D eigenvalue weighted by Gasteiger charge is 2.14. The van der Waals surface area contributed by atoms with Crippen LogP contribution in [0.25, 0.3) is 23.0 Å². The molecule has 30 heavy (non-hydrogen) atoms. The second-order valence-corrected chi connectivity index (χ2v) is 9.23. The predicted octanol–water partition coefficient (Wildman–Crippen LogP) is 6.29. The maximum Gasteiger partial charge on any atom is 0.199 e. The molecular weight excluding hydrogens is 439 g/mol. The molecule has 3 aromatic carbocycles. The number of aromatic nitrogens is 2. The van der Waals surface area contributed by atoms with Crippen LogP contribution in [0.1, 0.15) is 5.56 Å². The van der Waals surface area contributed by atoms with Gasteiger partial charge in [0, 0.05) is 32.8 Å². The average molecular weight is 455 g/mol. The molecule has 1 heterocycles. The predicted molar refractivity (Wildman–Crippen MR) is 122 cm³/mol. The fourth-order valence-corrected chi connectivity index (χ4v) is 4.17. The highest BCUT2D eigenvalue weighted by Crippen LogP contribution is 2.27. The van der Waals surface area contributed by atoms with Crippen molar-refractivity contribution in [1.29, 1.82) is 0 Å². The zero-order valence-electron chi connectivity index (χ0n) is 15.6. The van der Waals surface area contributed by atoms with Gasteiger partial charge in [-0.3, -0.25) is 0 Å². The minimum atomic E-state index is -3.63. The van der Waals surface area contributed by atoms with Gasteiger partial charge in [-0.2, -0.15) is 5.10 Å². The second kappa shape index (κ2) is 8.48. The molecule has 0 spiro atoms. The highest BCUT2D eigenvalue weighted by molar-refractivity contribution is 7.94. The Morgan fingerprint density at radius 3 is 2.03 bits per heavy atom. The Hall–Kier alpha value is -2.86. The van der Waals surface area contributed by atoms with E-state index in [1.807, 2.05) is 42.5 Å². The van der Waals surface area contributed by atoms with Gasteiger partial charge in [-0.1, -0.05) is 53.5 Å². The molecule has 0 fully saturated rings. The zero-order chi connectivity index (χ0) is 21.1. The van der Waals surface area contributed by atoms with E-state index in [9.17, 15) is 8.42 Å². The monoisotopic (exact) mass is 454 g/mol. The molecule has 0 saturated carbocycles. The summed E-state index contributed by atoms with van der Waals surface area (Å²) in [6.45, 7) is 0. The number of hydrogen-bond donors (Lipinski definition) is 0. The molecule has 0 unspecified atom stereocenters. The van der Waals surface area contributed by atoms with Gasteiger partial charge in [-0.15, -0.1) is 0 Å². The lowest BCUT2D eigenvalue weighted by atomic mass is 10.1. The molecule has 4 nitrogen and oxygen atoms in total. The number of hydrogen-bond acceptors (Lipinski definition) is 3. The third-order valence-electron chi connectivity index (χ3n) is 4.45. The lowest BCUT2D eigenvalue weighted by Gasteiger charge is -2.01. The van der Waals surface area contributed by atoms with Crippen LogP contribution in [0.15, 0.2) is 95.4 Å². The van der Waals surface area contributed by atoms with E-state index in [1.54, 1.807) is 41.2 Å². The lowest BCUT2D eigenvalue weighted by molar-refractivity contribution is 0.605. The van der Waals surface area contributed by atoms with E-state index in [-0.39, 0.29) is 4.90 Å². The summed E-state index contributed by atoms with van der Waals surface area (Å²) in [6.07, 6.45) is 3.35. The van der Waals surface area contributed by atoms with Crippen LogP contribution >= 0.6 is 23.2 Å². The van der Waals surface area contributed by atoms with Crippen LogP contribution in [0, 0.1) is 0 Å². The minimum absolute atomic E-state index is 0.173. The van der Waals surface area contributed by atoms with Crippen LogP contribution in [0.5, 0.6) is 0 Å². The standard InChI is InChI=1S/C23H16Cl2N2O2S/c24-19-8-6-17(7-9-19)23-18(16-27(26-23)21-4-2-1-3-5-21)14-15-30(28,29)22-12-10-20(25)11-13-22/h1-16H/b15-14+. The lowest BCUT2D eigenvalue weighted by Crippen LogP contribution is -1.95. The Balaban J connectivity index is 1.77. The third kappa shape index (κ3) is 4.49. The van der Waals surface area contributed by atoms with Gasteiger partial charge in [0.25, 0.3) is 0 Å². The Bertz CT molecular complexity index is 1300. The van der Waals surface area contributed by atoms with Gasteiger partial charge < -0.3 is 0 Å². The highest BCUT2D eigenvalue weighted by atomic mass is 35.5. The summed E-state index contributed by atoms with van der Waals surface area (Å²) in [7, 11) is -3.63. The van der Waals surface area contributed by atoms with Crippen molar-refractivity contribution < 1.29 is 8.42 Å². The largest absolute Gasteiger partial charge is 0.240 e. The Morgan fingerprint density at radius 2 is 1.40 bits per heavy atom.